The van der Waals surface area contributed by atoms with Crippen LogP contribution in [0.5, 0.6) is 0 Å². The molecule has 0 saturated carbocycles. The molecule has 0 radical (unpaired) electrons. The zero-order chi connectivity index (χ0) is 20.0. The summed E-state index contributed by atoms with van der Waals surface area (Å²) in [7, 11) is 0. The number of nitrogens with zero attached hydrogens (tertiary/aromatic N) is 3. The number of piperidine rings is 1. The van der Waals surface area contributed by atoms with E-state index in [1.165, 1.54) is 11.3 Å². The van der Waals surface area contributed by atoms with Crippen molar-refractivity contribution in [1.82, 2.24) is 9.97 Å². The quantitative estimate of drug-likeness (QED) is 0.763. The van der Waals surface area contributed by atoms with Gasteiger partial charge in [0.25, 0.3) is 5.56 Å². The van der Waals surface area contributed by atoms with Crippen LogP contribution in [0.15, 0.2) is 22.3 Å². The summed E-state index contributed by atoms with van der Waals surface area (Å²) in [6.45, 7) is 2.43. The molecule has 2 aromatic rings. The fourth-order valence-electron chi connectivity index (χ4n) is 4.27. The van der Waals surface area contributed by atoms with Crippen molar-refractivity contribution in [3.8, 4) is 6.07 Å². The average molecular weight is 413 g/mol. The van der Waals surface area contributed by atoms with Crippen molar-refractivity contribution in [1.29, 1.82) is 5.26 Å². The van der Waals surface area contributed by atoms with Gasteiger partial charge in [-0.05, 0) is 11.4 Å². The second-order valence-corrected chi connectivity index (χ2v) is 8.31. The Morgan fingerprint density at radius 3 is 2.69 bits per heavy atom. The molecule has 150 valence electrons. The van der Waals surface area contributed by atoms with Crippen LogP contribution in [-0.2, 0) is 14.3 Å². The number of hydrogen-bond acceptors (Lipinski definition) is 8. The third-order valence-corrected chi connectivity index (χ3v) is 6.69. The molecule has 10 heteroatoms. The van der Waals surface area contributed by atoms with Crippen molar-refractivity contribution in [2.24, 2.45) is 5.92 Å². The molecular weight excluding hydrogens is 394 g/mol. The maximum Gasteiger partial charge on any atom is 0.258 e. The lowest BCUT2D eigenvalue weighted by molar-refractivity contribution is -0.169. The molecule has 1 spiro atoms. The molecule has 3 aliphatic heterocycles. The maximum absolute atomic E-state index is 13.0. The van der Waals surface area contributed by atoms with Crippen LogP contribution < -0.4 is 15.8 Å². The van der Waals surface area contributed by atoms with Gasteiger partial charge in [0.1, 0.15) is 11.7 Å². The number of aromatic amines is 1. The number of thiophene rings is 1. The van der Waals surface area contributed by atoms with E-state index < -0.39 is 23.5 Å². The molecule has 3 aliphatic rings. The summed E-state index contributed by atoms with van der Waals surface area (Å²) in [5.41, 5.74) is -0.00408. The number of amides is 1. The van der Waals surface area contributed by atoms with Gasteiger partial charge in [0.05, 0.1) is 30.8 Å². The van der Waals surface area contributed by atoms with E-state index in [1.54, 1.807) is 0 Å². The molecule has 2 saturated heterocycles. The molecule has 0 aliphatic carbocycles. The number of aromatic nitrogens is 2. The topological polar surface area (TPSA) is 120 Å². The molecular formula is C19H19N5O4S. The highest BCUT2D eigenvalue weighted by Crippen LogP contribution is 2.40. The standard InChI is InChI=1S/C19H19N5O4S/c20-10-11-13(12-2-1-9-29-12)14-15(21-16(11)25)22-18(23-17(14)26)24-5-3-19(4-6-24)27-7-8-28-19/h1-2,9,11,13H,3-8H2,(H2,21,22,23,25,26). The van der Waals surface area contributed by atoms with E-state index in [-0.39, 0.29) is 11.4 Å². The molecule has 5 rings (SSSR count). The van der Waals surface area contributed by atoms with Crippen LogP contribution in [0.3, 0.4) is 0 Å². The van der Waals surface area contributed by atoms with Gasteiger partial charge < -0.3 is 19.7 Å². The summed E-state index contributed by atoms with van der Waals surface area (Å²) in [5.74, 6) is -1.92. The van der Waals surface area contributed by atoms with E-state index in [9.17, 15) is 14.9 Å². The van der Waals surface area contributed by atoms with Gasteiger partial charge in [0, 0.05) is 30.8 Å². The first-order valence-electron chi connectivity index (χ1n) is 9.51. The van der Waals surface area contributed by atoms with Gasteiger partial charge in [-0.15, -0.1) is 11.3 Å². The van der Waals surface area contributed by atoms with Crippen LogP contribution in [-0.4, -0.2) is 48.0 Å². The van der Waals surface area contributed by atoms with Crippen molar-refractivity contribution in [2.45, 2.75) is 24.5 Å². The lowest BCUT2D eigenvalue weighted by Gasteiger charge is -2.38. The molecule has 1 amide bonds. The molecule has 2 unspecified atom stereocenters. The summed E-state index contributed by atoms with van der Waals surface area (Å²) in [5, 5.41) is 14.1. The Morgan fingerprint density at radius 2 is 2.03 bits per heavy atom. The smallest absolute Gasteiger partial charge is 0.258 e. The molecule has 0 aromatic carbocycles. The SMILES string of the molecule is N#CC1C(=O)Nc2nc(N3CCC4(CC3)OCCO4)[nH]c(=O)c2C1c1cccs1. The van der Waals surface area contributed by atoms with Gasteiger partial charge >= 0.3 is 0 Å². The third-order valence-electron chi connectivity index (χ3n) is 5.74. The minimum absolute atomic E-state index is 0.229. The van der Waals surface area contributed by atoms with Crippen molar-refractivity contribution < 1.29 is 14.3 Å². The zero-order valence-electron chi connectivity index (χ0n) is 15.5. The number of hydrogen-bond donors (Lipinski definition) is 2. The van der Waals surface area contributed by atoms with Gasteiger partial charge in [-0.2, -0.15) is 10.2 Å². The fourth-order valence-corrected chi connectivity index (χ4v) is 5.14. The third kappa shape index (κ3) is 3.02. The van der Waals surface area contributed by atoms with Crippen LogP contribution >= 0.6 is 11.3 Å². The van der Waals surface area contributed by atoms with E-state index in [4.69, 9.17) is 9.47 Å². The zero-order valence-corrected chi connectivity index (χ0v) is 16.3. The molecule has 9 nitrogen and oxygen atoms in total. The molecule has 2 N–H and O–H groups in total. The maximum atomic E-state index is 13.0. The monoisotopic (exact) mass is 413 g/mol. The lowest BCUT2D eigenvalue weighted by atomic mass is 9.83. The molecule has 5 heterocycles. The van der Waals surface area contributed by atoms with Crippen molar-refractivity contribution in [3.05, 3.63) is 38.3 Å². The number of rotatable bonds is 2. The normalized spacial score (nSPS) is 25.5. The Hall–Kier alpha value is -2.74. The van der Waals surface area contributed by atoms with E-state index in [2.05, 4.69) is 15.3 Å². The Bertz CT molecular complexity index is 1030. The number of H-pyrrole nitrogens is 1. The Morgan fingerprint density at radius 1 is 1.28 bits per heavy atom. The Kier molecular flexibility index (Phi) is 4.38. The Labute approximate surface area is 170 Å². The number of nitrogens with one attached hydrogen (secondary N) is 2. The van der Waals surface area contributed by atoms with E-state index >= 15 is 0 Å². The van der Waals surface area contributed by atoms with Gasteiger partial charge in [0.15, 0.2) is 5.79 Å². The van der Waals surface area contributed by atoms with E-state index in [0.717, 1.165) is 4.88 Å². The number of carbonyl (C=O) groups is 1. The van der Waals surface area contributed by atoms with Crippen LogP contribution in [0.4, 0.5) is 11.8 Å². The predicted octanol–water partition coefficient (Wildman–Crippen LogP) is 1.40. The van der Waals surface area contributed by atoms with Crippen molar-refractivity contribution in [3.63, 3.8) is 0 Å². The van der Waals surface area contributed by atoms with Crippen molar-refractivity contribution in [2.75, 3.05) is 36.5 Å². The second kappa shape index (κ2) is 6.95. The summed E-state index contributed by atoms with van der Waals surface area (Å²) >= 11 is 1.42. The minimum Gasteiger partial charge on any atom is -0.347 e. The second-order valence-electron chi connectivity index (χ2n) is 7.34. The van der Waals surface area contributed by atoms with Gasteiger partial charge in [-0.1, -0.05) is 6.07 Å². The number of anilines is 2. The van der Waals surface area contributed by atoms with Crippen LogP contribution in [0.1, 0.15) is 29.2 Å². The van der Waals surface area contributed by atoms with Crippen LogP contribution in [0.2, 0.25) is 0 Å². The first-order chi connectivity index (χ1) is 14.1. The molecule has 2 atom stereocenters. The van der Waals surface area contributed by atoms with Crippen molar-refractivity contribution >= 4 is 29.0 Å². The van der Waals surface area contributed by atoms with Gasteiger partial charge in [-0.25, -0.2) is 0 Å². The summed E-state index contributed by atoms with van der Waals surface area (Å²) in [4.78, 5) is 35.7. The molecule has 29 heavy (non-hydrogen) atoms. The fraction of sp³-hybridized carbons (Fsp3) is 0.474. The predicted molar refractivity (Wildman–Crippen MR) is 105 cm³/mol. The molecule has 0 bridgehead atoms. The van der Waals surface area contributed by atoms with Gasteiger partial charge in [-0.3, -0.25) is 14.6 Å². The lowest BCUT2D eigenvalue weighted by Crippen LogP contribution is -2.46. The molecule has 2 fully saturated rings. The number of nitriles is 1. The van der Waals surface area contributed by atoms with Crippen LogP contribution in [0, 0.1) is 17.2 Å². The summed E-state index contributed by atoms with van der Waals surface area (Å²) < 4.78 is 11.5. The Balaban J connectivity index is 1.49. The van der Waals surface area contributed by atoms with Crippen LogP contribution in [0.25, 0.3) is 0 Å². The summed E-state index contributed by atoms with van der Waals surface area (Å²) in [6, 6.07) is 5.72. The van der Waals surface area contributed by atoms with Gasteiger partial charge in [0.2, 0.25) is 11.9 Å². The largest absolute Gasteiger partial charge is 0.347 e. The summed E-state index contributed by atoms with van der Waals surface area (Å²) in [6.07, 6.45) is 1.35. The molecule has 2 aromatic heterocycles. The minimum atomic E-state index is -0.971. The van der Waals surface area contributed by atoms with E-state index in [1.807, 2.05) is 28.5 Å². The average Bonchev–Trinajstić information content (AvgIpc) is 3.40. The number of ether oxygens (including phenoxy) is 2. The highest BCUT2D eigenvalue weighted by molar-refractivity contribution is 7.10. The highest BCUT2D eigenvalue weighted by atomic mass is 32.1. The first-order valence-corrected chi connectivity index (χ1v) is 10.4. The number of carbonyl (C=O) groups excluding carboxylic acids is 1. The highest BCUT2D eigenvalue weighted by Gasteiger charge is 2.42. The number of fused-ring (bicyclic) bond motifs is 1. The first kappa shape index (κ1) is 18.3. The van der Waals surface area contributed by atoms with E-state index in [0.29, 0.717) is 50.7 Å².